The van der Waals surface area contributed by atoms with Crippen LogP contribution in [0.25, 0.3) is 11.4 Å². The Hall–Kier alpha value is -3.07. The van der Waals surface area contributed by atoms with E-state index >= 15 is 0 Å². The molecule has 0 atom stereocenters. The number of aromatic amines is 1. The SMILES string of the molecule is CC(C)(NC(=O)c1cc(=O)[nH]c(-c2ccccc2)n1)c1ccc(S(F)(F)F)cc1. The lowest BCUT2D eigenvalue weighted by Gasteiger charge is -2.27. The third-order valence-electron chi connectivity index (χ3n) is 4.29. The number of nitrogens with one attached hydrogen (secondary N) is 2. The average molecular weight is 421 g/mol. The molecule has 152 valence electrons. The number of carbonyl (C=O) groups excluding carboxylic acids is 1. The fraction of sp³-hybridized carbons (Fsp3) is 0.150. The number of halogens is 3. The largest absolute Gasteiger partial charge is 0.342 e. The standard InChI is InChI=1S/C20H18F3N3O2S/c1-20(2,14-8-10-15(11-9-14)29(21,22)23)26-19(28)16-12-17(27)25-18(24-16)13-6-4-3-5-7-13/h3-12H,1-2H3,(H,26,28)(H,24,25,27). The van der Waals surface area contributed by atoms with Crippen LogP contribution in [0.3, 0.4) is 0 Å². The number of hydrogen-bond donors (Lipinski definition) is 2. The number of benzene rings is 2. The first kappa shape index (κ1) is 20.7. The Balaban J connectivity index is 1.86. The molecule has 0 fully saturated rings. The summed E-state index contributed by atoms with van der Waals surface area (Å²) in [5.74, 6) is -0.359. The van der Waals surface area contributed by atoms with Crippen LogP contribution in [0.4, 0.5) is 11.7 Å². The third-order valence-corrected chi connectivity index (χ3v) is 5.10. The van der Waals surface area contributed by atoms with E-state index in [9.17, 15) is 21.2 Å². The van der Waals surface area contributed by atoms with Crippen molar-refractivity contribution >= 4 is 17.1 Å². The van der Waals surface area contributed by atoms with E-state index in [1.165, 1.54) is 12.1 Å². The summed E-state index contributed by atoms with van der Waals surface area (Å²) >= 11 is -5.30. The monoisotopic (exact) mass is 421 g/mol. The van der Waals surface area contributed by atoms with Crippen LogP contribution in [0.5, 0.6) is 0 Å². The molecule has 1 amide bonds. The van der Waals surface area contributed by atoms with Gasteiger partial charge in [-0.3, -0.25) is 9.59 Å². The number of amides is 1. The third kappa shape index (κ3) is 4.86. The molecule has 1 heterocycles. The summed E-state index contributed by atoms with van der Waals surface area (Å²) in [6.45, 7) is 3.32. The Bertz CT molecular complexity index is 1080. The van der Waals surface area contributed by atoms with Crippen LogP contribution in [0.2, 0.25) is 0 Å². The van der Waals surface area contributed by atoms with E-state index in [2.05, 4.69) is 15.3 Å². The Morgan fingerprint density at radius 2 is 1.66 bits per heavy atom. The van der Waals surface area contributed by atoms with Gasteiger partial charge in [-0.2, -0.15) is 0 Å². The molecule has 2 aromatic carbocycles. The molecular weight excluding hydrogens is 403 g/mol. The van der Waals surface area contributed by atoms with Gasteiger partial charge in [0.05, 0.1) is 10.4 Å². The molecular formula is C20H18F3N3O2S. The molecule has 0 saturated heterocycles. The van der Waals surface area contributed by atoms with Crippen molar-refractivity contribution < 1.29 is 16.5 Å². The van der Waals surface area contributed by atoms with Crippen molar-refractivity contribution in [1.82, 2.24) is 15.3 Å². The van der Waals surface area contributed by atoms with Crippen LogP contribution < -0.4 is 10.9 Å². The molecule has 0 aliphatic rings. The van der Waals surface area contributed by atoms with E-state index in [0.717, 1.165) is 18.2 Å². The highest BCUT2D eigenvalue weighted by Gasteiger charge is 2.28. The zero-order valence-corrected chi connectivity index (χ0v) is 16.4. The molecule has 2 N–H and O–H groups in total. The van der Waals surface area contributed by atoms with Crippen molar-refractivity contribution in [2.45, 2.75) is 24.3 Å². The van der Waals surface area contributed by atoms with Crippen molar-refractivity contribution in [2.75, 3.05) is 0 Å². The van der Waals surface area contributed by atoms with Gasteiger partial charge in [0.1, 0.15) is 11.5 Å². The van der Waals surface area contributed by atoms with Crippen LogP contribution in [0, 0.1) is 0 Å². The van der Waals surface area contributed by atoms with E-state index < -0.39 is 33.1 Å². The van der Waals surface area contributed by atoms with E-state index in [0.29, 0.717) is 11.1 Å². The number of rotatable bonds is 5. The fourth-order valence-electron chi connectivity index (χ4n) is 2.75. The van der Waals surface area contributed by atoms with E-state index in [-0.39, 0.29) is 11.5 Å². The lowest BCUT2D eigenvalue weighted by Crippen LogP contribution is -2.41. The van der Waals surface area contributed by atoms with Gasteiger partial charge in [-0.05, 0) is 31.5 Å². The molecule has 3 rings (SSSR count). The summed E-state index contributed by atoms with van der Waals surface area (Å²) in [5, 5.41) is 2.72. The fourth-order valence-corrected chi connectivity index (χ4v) is 3.20. The maximum Gasteiger partial charge on any atom is 0.270 e. The quantitative estimate of drug-likeness (QED) is 0.614. The molecule has 0 aliphatic carbocycles. The first-order valence-corrected chi connectivity index (χ1v) is 9.92. The lowest BCUT2D eigenvalue weighted by molar-refractivity contribution is 0.0906. The summed E-state index contributed by atoms with van der Waals surface area (Å²) in [5.41, 5.74) is -0.417. The van der Waals surface area contributed by atoms with Crippen LogP contribution >= 0.6 is 11.2 Å². The topological polar surface area (TPSA) is 74.8 Å². The number of H-pyrrole nitrogens is 1. The van der Waals surface area contributed by atoms with Gasteiger partial charge in [-0.1, -0.05) is 42.5 Å². The summed E-state index contributed by atoms with van der Waals surface area (Å²) in [7, 11) is 0. The zero-order chi connectivity index (χ0) is 21.2. The highest BCUT2D eigenvalue weighted by Crippen LogP contribution is 2.60. The second-order valence-electron chi connectivity index (χ2n) is 6.86. The van der Waals surface area contributed by atoms with Gasteiger partial charge in [0.15, 0.2) is 0 Å². The van der Waals surface area contributed by atoms with Crippen molar-refractivity contribution in [3.63, 3.8) is 0 Å². The zero-order valence-electron chi connectivity index (χ0n) is 15.6. The molecule has 0 spiro atoms. The molecule has 0 bridgehead atoms. The maximum atomic E-state index is 12.8. The Labute approximate surface area is 167 Å². The maximum absolute atomic E-state index is 12.8. The van der Waals surface area contributed by atoms with Crippen molar-refractivity contribution in [3.8, 4) is 11.4 Å². The van der Waals surface area contributed by atoms with Gasteiger partial charge in [0.2, 0.25) is 11.2 Å². The number of hydrogen-bond acceptors (Lipinski definition) is 3. The van der Waals surface area contributed by atoms with Crippen LogP contribution in [0.1, 0.15) is 29.9 Å². The second-order valence-corrected chi connectivity index (χ2v) is 8.14. The Kier molecular flexibility index (Phi) is 5.52. The van der Waals surface area contributed by atoms with E-state index in [1.807, 2.05) is 6.07 Å². The normalized spacial score (nSPS) is 12.4. The summed E-state index contributed by atoms with van der Waals surface area (Å²) in [6.07, 6.45) is 0. The minimum Gasteiger partial charge on any atom is -0.342 e. The molecule has 0 radical (unpaired) electrons. The van der Waals surface area contributed by atoms with Crippen molar-refractivity contribution in [2.24, 2.45) is 0 Å². The predicted octanol–water partition coefficient (Wildman–Crippen LogP) is 4.92. The molecule has 0 saturated carbocycles. The smallest absolute Gasteiger partial charge is 0.270 e. The summed E-state index contributed by atoms with van der Waals surface area (Å²) in [6, 6.07) is 14.6. The van der Waals surface area contributed by atoms with Crippen LogP contribution in [-0.4, -0.2) is 15.9 Å². The first-order chi connectivity index (χ1) is 13.6. The summed E-state index contributed by atoms with van der Waals surface area (Å²) in [4.78, 5) is 30.8. The molecule has 0 aliphatic heterocycles. The van der Waals surface area contributed by atoms with Gasteiger partial charge in [-0.15, -0.1) is 11.7 Å². The van der Waals surface area contributed by atoms with Crippen LogP contribution in [0.15, 0.2) is 70.4 Å². The van der Waals surface area contributed by atoms with Crippen molar-refractivity contribution in [3.05, 3.63) is 82.3 Å². The van der Waals surface area contributed by atoms with E-state index in [1.54, 1.807) is 38.1 Å². The minimum absolute atomic E-state index is 0.0861. The molecule has 0 unspecified atom stereocenters. The molecule has 3 aromatic rings. The second kappa shape index (κ2) is 7.75. The average Bonchev–Trinajstić information content (AvgIpc) is 2.67. The number of carbonyl (C=O) groups is 1. The Morgan fingerprint density at radius 3 is 2.24 bits per heavy atom. The van der Waals surface area contributed by atoms with Gasteiger partial charge in [-0.25, -0.2) is 4.98 Å². The van der Waals surface area contributed by atoms with Crippen LogP contribution in [-0.2, 0) is 5.54 Å². The minimum atomic E-state index is -5.30. The van der Waals surface area contributed by atoms with Gasteiger partial charge in [0, 0.05) is 11.6 Å². The van der Waals surface area contributed by atoms with E-state index in [4.69, 9.17) is 0 Å². The molecule has 9 heteroatoms. The van der Waals surface area contributed by atoms with Gasteiger partial charge in [0.25, 0.3) is 11.5 Å². The Morgan fingerprint density at radius 1 is 1.03 bits per heavy atom. The number of nitrogens with zero attached hydrogens (tertiary/aromatic N) is 1. The molecule has 5 nitrogen and oxygen atoms in total. The predicted molar refractivity (Wildman–Crippen MR) is 106 cm³/mol. The molecule has 29 heavy (non-hydrogen) atoms. The van der Waals surface area contributed by atoms with Gasteiger partial charge >= 0.3 is 0 Å². The highest BCUT2D eigenvalue weighted by molar-refractivity contribution is 8.20. The first-order valence-electron chi connectivity index (χ1n) is 8.58. The lowest BCUT2D eigenvalue weighted by atomic mass is 9.94. The highest BCUT2D eigenvalue weighted by atomic mass is 32.3. The molecule has 1 aromatic heterocycles. The van der Waals surface area contributed by atoms with Crippen molar-refractivity contribution in [1.29, 1.82) is 0 Å². The van der Waals surface area contributed by atoms with Gasteiger partial charge < -0.3 is 10.3 Å². The number of aromatic nitrogens is 2. The summed E-state index contributed by atoms with van der Waals surface area (Å²) < 4.78 is 38.5.